The molecule has 1 amide bonds. The molecule has 1 heterocycles. The molecule has 0 saturated heterocycles. The molecule has 2 aromatic rings. The minimum atomic E-state index is 0.0505. The fraction of sp³-hybridized carbons (Fsp3) is 0.286. The molecule has 4 heteroatoms. The molecule has 94 valence electrons. The molecular formula is C14H17N3O. The average Bonchev–Trinajstić information content (AvgIpc) is 2.39. The van der Waals surface area contributed by atoms with Crippen LogP contribution in [0.5, 0.6) is 0 Å². The number of aromatic nitrogens is 1. The molecule has 0 unspecified atom stereocenters. The van der Waals surface area contributed by atoms with Crippen molar-refractivity contribution in [2.24, 2.45) is 0 Å². The first-order valence-corrected chi connectivity index (χ1v) is 6.08. The third-order valence-corrected chi connectivity index (χ3v) is 2.79. The lowest BCUT2D eigenvalue weighted by molar-refractivity contribution is -0.116. The number of anilines is 1. The number of amides is 1. The lowest BCUT2D eigenvalue weighted by Gasteiger charge is -2.08. The molecule has 0 aliphatic heterocycles. The third-order valence-electron chi connectivity index (χ3n) is 2.79. The van der Waals surface area contributed by atoms with E-state index in [1.807, 2.05) is 31.3 Å². The smallest absolute Gasteiger partial charge is 0.224 e. The van der Waals surface area contributed by atoms with Crippen molar-refractivity contribution in [3.05, 3.63) is 36.7 Å². The Balaban J connectivity index is 2.09. The zero-order valence-electron chi connectivity index (χ0n) is 10.4. The quantitative estimate of drug-likeness (QED) is 0.791. The number of nitrogens with one attached hydrogen (secondary N) is 2. The van der Waals surface area contributed by atoms with Crippen molar-refractivity contribution in [1.29, 1.82) is 0 Å². The number of pyridine rings is 1. The van der Waals surface area contributed by atoms with Crippen LogP contribution in [0.1, 0.15) is 12.8 Å². The molecule has 2 N–H and O–H groups in total. The van der Waals surface area contributed by atoms with Crippen molar-refractivity contribution in [1.82, 2.24) is 10.3 Å². The second-order valence-corrected chi connectivity index (χ2v) is 4.16. The SMILES string of the molecule is CNCCCC(=O)Nc1cccc2cnccc12. The first kappa shape index (κ1) is 12.5. The predicted octanol–water partition coefficient (Wildman–Crippen LogP) is 2.17. The van der Waals surface area contributed by atoms with E-state index in [0.717, 1.165) is 29.4 Å². The van der Waals surface area contributed by atoms with Crippen molar-refractivity contribution < 1.29 is 4.79 Å². The summed E-state index contributed by atoms with van der Waals surface area (Å²) >= 11 is 0. The monoisotopic (exact) mass is 243 g/mol. The zero-order valence-corrected chi connectivity index (χ0v) is 10.4. The van der Waals surface area contributed by atoms with Gasteiger partial charge < -0.3 is 10.6 Å². The Kier molecular flexibility index (Phi) is 4.25. The van der Waals surface area contributed by atoms with Gasteiger partial charge in [-0.1, -0.05) is 12.1 Å². The van der Waals surface area contributed by atoms with Gasteiger partial charge in [0.15, 0.2) is 0 Å². The summed E-state index contributed by atoms with van der Waals surface area (Å²) in [6.07, 6.45) is 4.90. The molecule has 18 heavy (non-hydrogen) atoms. The third kappa shape index (κ3) is 3.05. The molecule has 0 radical (unpaired) electrons. The summed E-state index contributed by atoms with van der Waals surface area (Å²) in [5, 5.41) is 8.03. The second-order valence-electron chi connectivity index (χ2n) is 4.16. The van der Waals surface area contributed by atoms with E-state index >= 15 is 0 Å². The predicted molar refractivity (Wildman–Crippen MR) is 73.5 cm³/mol. The van der Waals surface area contributed by atoms with Gasteiger partial charge in [-0.25, -0.2) is 0 Å². The van der Waals surface area contributed by atoms with Crippen LogP contribution in [-0.2, 0) is 4.79 Å². The van der Waals surface area contributed by atoms with Crippen LogP contribution in [0.2, 0.25) is 0 Å². The molecular weight excluding hydrogens is 226 g/mol. The first-order chi connectivity index (χ1) is 8.81. The molecule has 0 spiro atoms. The largest absolute Gasteiger partial charge is 0.326 e. The minimum Gasteiger partial charge on any atom is -0.326 e. The lowest BCUT2D eigenvalue weighted by atomic mass is 10.1. The van der Waals surface area contributed by atoms with Gasteiger partial charge in [-0.15, -0.1) is 0 Å². The van der Waals surface area contributed by atoms with E-state index in [1.165, 1.54) is 0 Å². The highest BCUT2D eigenvalue weighted by Crippen LogP contribution is 2.22. The van der Waals surface area contributed by atoms with Gasteiger partial charge in [-0.05, 0) is 32.1 Å². The summed E-state index contributed by atoms with van der Waals surface area (Å²) in [6.45, 7) is 0.854. The molecule has 0 aliphatic rings. The Bertz CT molecular complexity index is 534. The van der Waals surface area contributed by atoms with E-state index < -0.39 is 0 Å². The Hall–Kier alpha value is -1.94. The summed E-state index contributed by atoms with van der Waals surface area (Å²) in [6, 6.07) is 7.74. The molecule has 0 atom stereocenters. The zero-order chi connectivity index (χ0) is 12.8. The average molecular weight is 243 g/mol. The molecule has 2 rings (SSSR count). The summed E-state index contributed by atoms with van der Waals surface area (Å²) in [5.41, 5.74) is 0.851. The van der Waals surface area contributed by atoms with Crippen LogP contribution in [0.15, 0.2) is 36.7 Å². The van der Waals surface area contributed by atoms with Crippen molar-refractivity contribution in [3.8, 4) is 0 Å². The molecule has 0 fully saturated rings. The summed E-state index contributed by atoms with van der Waals surface area (Å²) in [7, 11) is 1.88. The summed E-state index contributed by atoms with van der Waals surface area (Å²) in [5.74, 6) is 0.0505. The van der Waals surface area contributed by atoms with Gasteiger partial charge in [0.05, 0.1) is 0 Å². The first-order valence-electron chi connectivity index (χ1n) is 6.08. The number of nitrogens with zero attached hydrogens (tertiary/aromatic N) is 1. The van der Waals surface area contributed by atoms with Gasteiger partial charge in [0.2, 0.25) is 5.91 Å². The Labute approximate surface area is 106 Å². The van der Waals surface area contributed by atoms with Crippen LogP contribution < -0.4 is 10.6 Å². The summed E-state index contributed by atoms with van der Waals surface area (Å²) < 4.78 is 0. The molecule has 1 aromatic heterocycles. The van der Waals surface area contributed by atoms with Crippen molar-refractivity contribution in [2.45, 2.75) is 12.8 Å². The lowest BCUT2D eigenvalue weighted by Crippen LogP contribution is -2.15. The van der Waals surface area contributed by atoms with Crippen molar-refractivity contribution >= 4 is 22.4 Å². The van der Waals surface area contributed by atoms with Gasteiger partial charge in [-0.2, -0.15) is 0 Å². The van der Waals surface area contributed by atoms with Gasteiger partial charge in [0.1, 0.15) is 0 Å². The topological polar surface area (TPSA) is 54.0 Å². The number of fused-ring (bicyclic) bond motifs is 1. The minimum absolute atomic E-state index is 0.0505. The number of carbonyl (C=O) groups excluding carboxylic acids is 1. The Morgan fingerprint density at radius 3 is 3.06 bits per heavy atom. The normalized spacial score (nSPS) is 10.5. The maximum absolute atomic E-state index is 11.8. The highest BCUT2D eigenvalue weighted by molar-refractivity contribution is 6.01. The van der Waals surface area contributed by atoms with Crippen LogP contribution in [0, 0.1) is 0 Å². The molecule has 0 bridgehead atoms. The van der Waals surface area contributed by atoms with Crippen LogP contribution in [-0.4, -0.2) is 24.5 Å². The van der Waals surface area contributed by atoms with E-state index in [9.17, 15) is 4.79 Å². The summed E-state index contributed by atoms with van der Waals surface area (Å²) in [4.78, 5) is 15.8. The van der Waals surface area contributed by atoms with Crippen LogP contribution >= 0.6 is 0 Å². The second kappa shape index (κ2) is 6.12. The van der Waals surface area contributed by atoms with Gasteiger partial charge in [-0.3, -0.25) is 9.78 Å². The van der Waals surface area contributed by atoms with E-state index in [0.29, 0.717) is 6.42 Å². The van der Waals surface area contributed by atoms with Crippen LogP contribution in [0.3, 0.4) is 0 Å². The fourth-order valence-corrected chi connectivity index (χ4v) is 1.87. The van der Waals surface area contributed by atoms with E-state index in [-0.39, 0.29) is 5.91 Å². The van der Waals surface area contributed by atoms with Crippen molar-refractivity contribution in [3.63, 3.8) is 0 Å². The van der Waals surface area contributed by atoms with Gasteiger partial charge in [0, 0.05) is 35.3 Å². The number of hydrogen-bond acceptors (Lipinski definition) is 3. The van der Waals surface area contributed by atoms with Gasteiger partial charge >= 0.3 is 0 Å². The van der Waals surface area contributed by atoms with Crippen LogP contribution in [0.25, 0.3) is 10.8 Å². The molecule has 0 saturated carbocycles. The molecule has 0 aliphatic carbocycles. The number of hydrogen-bond donors (Lipinski definition) is 2. The Morgan fingerprint density at radius 1 is 1.33 bits per heavy atom. The fourth-order valence-electron chi connectivity index (χ4n) is 1.87. The number of benzene rings is 1. The highest BCUT2D eigenvalue weighted by atomic mass is 16.1. The van der Waals surface area contributed by atoms with Crippen molar-refractivity contribution in [2.75, 3.05) is 18.9 Å². The van der Waals surface area contributed by atoms with E-state index in [4.69, 9.17) is 0 Å². The molecule has 4 nitrogen and oxygen atoms in total. The Morgan fingerprint density at radius 2 is 2.22 bits per heavy atom. The number of carbonyl (C=O) groups is 1. The van der Waals surface area contributed by atoms with Gasteiger partial charge in [0.25, 0.3) is 0 Å². The van der Waals surface area contributed by atoms with E-state index in [1.54, 1.807) is 12.4 Å². The van der Waals surface area contributed by atoms with E-state index in [2.05, 4.69) is 15.6 Å². The van der Waals surface area contributed by atoms with Crippen LogP contribution in [0.4, 0.5) is 5.69 Å². The number of rotatable bonds is 5. The standard InChI is InChI=1S/C14H17N3O/c1-15-8-3-6-14(18)17-13-5-2-4-11-10-16-9-7-12(11)13/h2,4-5,7,9-10,15H,3,6,8H2,1H3,(H,17,18). The maximum Gasteiger partial charge on any atom is 0.224 e. The highest BCUT2D eigenvalue weighted by Gasteiger charge is 2.05. The molecule has 1 aromatic carbocycles. The maximum atomic E-state index is 11.8.